The van der Waals surface area contributed by atoms with Gasteiger partial charge in [-0.15, -0.1) is 0 Å². The summed E-state index contributed by atoms with van der Waals surface area (Å²) in [6.07, 6.45) is 2.73. The van der Waals surface area contributed by atoms with E-state index >= 15 is 0 Å². The molecule has 0 unspecified atom stereocenters. The second kappa shape index (κ2) is 16.1. The van der Waals surface area contributed by atoms with Crippen molar-refractivity contribution >= 4 is 11.8 Å². The molecule has 0 aromatic heterocycles. The van der Waals surface area contributed by atoms with Gasteiger partial charge in [0.25, 0.3) is 0 Å². The fraction of sp³-hybridized carbons (Fsp3) is 0.733. The van der Waals surface area contributed by atoms with Crippen molar-refractivity contribution in [1.29, 1.82) is 0 Å². The molecular weight excluding hydrogens is 482 g/mol. The predicted octanol–water partition coefficient (Wildman–Crippen LogP) is 3.46. The van der Waals surface area contributed by atoms with Crippen LogP contribution in [0.2, 0.25) is 0 Å². The van der Waals surface area contributed by atoms with E-state index in [9.17, 15) is 14.7 Å². The SMILES string of the molecule is COCCCc1cc(C[C@@H](C[C@H](N)[C@@H](O)C[C@@H](C(=O)NCC(C)(C)C(N)=O)C(C)C)C(C)C)ccc1OC. The molecule has 0 fully saturated rings. The van der Waals surface area contributed by atoms with Crippen molar-refractivity contribution in [2.45, 2.75) is 85.8 Å². The molecule has 0 bridgehead atoms. The molecule has 1 aromatic carbocycles. The van der Waals surface area contributed by atoms with Crippen molar-refractivity contribution in [3.63, 3.8) is 0 Å². The van der Waals surface area contributed by atoms with Crippen LogP contribution >= 0.6 is 0 Å². The first-order valence-electron chi connectivity index (χ1n) is 13.9. The molecule has 8 heteroatoms. The molecule has 2 amide bonds. The molecule has 38 heavy (non-hydrogen) atoms. The molecule has 0 radical (unpaired) electrons. The molecule has 218 valence electrons. The van der Waals surface area contributed by atoms with Crippen molar-refractivity contribution in [1.82, 2.24) is 5.32 Å². The Bertz CT molecular complexity index is 871. The van der Waals surface area contributed by atoms with Crippen LogP contribution in [0.15, 0.2) is 18.2 Å². The minimum atomic E-state index is -0.845. The summed E-state index contributed by atoms with van der Waals surface area (Å²) in [7, 11) is 3.40. The maximum atomic E-state index is 12.9. The molecule has 0 spiro atoms. The molecule has 1 aromatic rings. The van der Waals surface area contributed by atoms with Crippen LogP contribution in [-0.2, 0) is 27.2 Å². The number of primary amides is 1. The average Bonchev–Trinajstić information content (AvgIpc) is 2.85. The average molecular weight is 536 g/mol. The first-order chi connectivity index (χ1) is 17.7. The number of nitrogens with two attached hydrogens (primary N) is 2. The number of aryl methyl sites for hydroxylation is 1. The number of amides is 2. The van der Waals surface area contributed by atoms with Gasteiger partial charge < -0.3 is 31.4 Å². The van der Waals surface area contributed by atoms with Crippen LogP contribution in [0.5, 0.6) is 5.75 Å². The quantitative estimate of drug-likeness (QED) is 0.213. The van der Waals surface area contributed by atoms with Crippen molar-refractivity contribution in [3.05, 3.63) is 29.3 Å². The Morgan fingerprint density at radius 3 is 2.26 bits per heavy atom. The summed E-state index contributed by atoms with van der Waals surface area (Å²) >= 11 is 0. The first-order valence-corrected chi connectivity index (χ1v) is 13.9. The van der Waals surface area contributed by atoms with E-state index < -0.39 is 29.4 Å². The predicted molar refractivity (Wildman–Crippen MR) is 153 cm³/mol. The van der Waals surface area contributed by atoms with E-state index in [1.54, 1.807) is 28.1 Å². The van der Waals surface area contributed by atoms with Gasteiger partial charge in [0.05, 0.1) is 18.6 Å². The van der Waals surface area contributed by atoms with Crippen LogP contribution < -0.4 is 21.5 Å². The maximum absolute atomic E-state index is 12.9. The molecule has 0 saturated heterocycles. The van der Waals surface area contributed by atoms with Gasteiger partial charge in [-0.3, -0.25) is 9.59 Å². The third-order valence-electron chi connectivity index (χ3n) is 7.66. The molecule has 0 heterocycles. The number of rotatable bonds is 18. The van der Waals surface area contributed by atoms with Gasteiger partial charge in [0.15, 0.2) is 0 Å². The van der Waals surface area contributed by atoms with Gasteiger partial charge in [-0.2, -0.15) is 0 Å². The van der Waals surface area contributed by atoms with Gasteiger partial charge in [-0.25, -0.2) is 0 Å². The number of nitrogens with one attached hydrogen (secondary N) is 1. The third-order valence-corrected chi connectivity index (χ3v) is 7.66. The van der Waals surface area contributed by atoms with E-state index in [1.807, 2.05) is 19.9 Å². The van der Waals surface area contributed by atoms with Crippen LogP contribution in [0.1, 0.15) is 71.9 Å². The third kappa shape index (κ3) is 10.9. The van der Waals surface area contributed by atoms with E-state index in [1.165, 1.54) is 11.1 Å². The molecular formula is C30H53N3O5. The topological polar surface area (TPSA) is 137 Å². The lowest BCUT2D eigenvalue weighted by Crippen LogP contribution is -2.46. The van der Waals surface area contributed by atoms with Crippen molar-refractivity contribution in [2.75, 3.05) is 27.4 Å². The molecule has 4 atom stereocenters. The minimum Gasteiger partial charge on any atom is -0.496 e. The number of benzene rings is 1. The number of ether oxygens (including phenoxy) is 2. The fourth-order valence-electron chi connectivity index (χ4n) is 4.61. The molecule has 1 rings (SSSR count). The Balaban J connectivity index is 2.87. The molecule has 0 saturated carbocycles. The van der Waals surface area contributed by atoms with E-state index in [2.05, 4.69) is 31.3 Å². The zero-order valence-electron chi connectivity index (χ0n) is 24.9. The van der Waals surface area contributed by atoms with E-state index in [0.29, 0.717) is 18.9 Å². The second-order valence-corrected chi connectivity index (χ2v) is 12.0. The summed E-state index contributed by atoms with van der Waals surface area (Å²) in [5.41, 5.74) is 13.5. The van der Waals surface area contributed by atoms with Crippen LogP contribution in [0.25, 0.3) is 0 Å². The Kier molecular flexibility index (Phi) is 14.3. The lowest BCUT2D eigenvalue weighted by Gasteiger charge is -2.30. The van der Waals surface area contributed by atoms with E-state index in [4.69, 9.17) is 20.9 Å². The molecule has 8 nitrogen and oxygen atoms in total. The van der Waals surface area contributed by atoms with Gasteiger partial charge in [0.1, 0.15) is 5.75 Å². The number of carbonyl (C=O) groups excluding carboxylic acids is 2. The number of methoxy groups -OCH3 is 2. The zero-order valence-corrected chi connectivity index (χ0v) is 24.9. The zero-order chi connectivity index (χ0) is 29.0. The van der Waals surface area contributed by atoms with Gasteiger partial charge in [0.2, 0.25) is 11.8 Å². The monoisotopic (exact) mass is 535 g/mol. The van der Waals surface area contributed by atoms with Crippen LogP contribution in [0.3, 0.4) is 0 Å². The van der Waals surface area contributed by atoms with E-state index in [0.717, 1.165) is 25.0 Å². The van der Waals surface area contributed by atoms with Gasteiger partial charge in [0, 0.05) is 32.2 Å². The second-order valence-electron chi connectivity index (χ2n) is 12.0. The van der Waals surface area contributed by atoms with Crippen LogP contribution in [0, 0.1) is 29.1 Å². The Morgan fingerprint density at radius 2 is 1.74 bits per heavy atom. The normalized spacial score (nSPS) is 15.3. The smallest absolute Gasteiger partial charge is 0.224 e. The fourth-order valence-corrected chi connectivity index (χ4v) is 4.61. The van der Waals surface area contributed by atoms with Gasteiger partial charge >= 0.3 is 0 Å². The molecule has 6 N–H and O–H groups in total. The lowest BCUT2D eigenvalue weighted by atomic mass is 9.80. The summed E-state index contributed by atoms with van der Waals surface area (Å²) in [5.74, 6) is 0.434. The highest BCUT2D eigenvalue weighted by molar-refractivity contribution is 5.83. The maximum Gasteiger partial charge on any atom is 0.224 e. The largest absolute Gasteiger partial charge is 0.496 e. The summed E-state index contributed by atoms with van der Waals surface area (Å²) in [5, 5.41) is 13.9. The highest BCUT2D eigenvalue weighted by Crippen LogP contribution is 2.28. The summed E-state index contributed by atoms with van der Waals surface area (Å²) in [4.78, 5) is 24.5. The minimum absolute atomic E-state index is 0.00487. The molecule has 0 aliphatic carbocycles. The Labute approximate surface area is 230 Å². The summed E-state index contributed by atoms with van der Waals surface area (Å²) in [6, 6.07) is 5.87. The lowest BCUT2D eigenvalue weighted by molar-refractivity contribution is -0.130. The Hall–Kier alpha value is -2.16. The van der Waals surface area contributed by atoms with Crippen molar-refractivity contribution in [2.24, 2.45) is 40.6 Å². The number of hydrogen-bond acceptors (Lipinski definition) is 6. The Morgan fingerprint density at radius 1 is 1.08 bits per heavy atom. The first kappa shape index (κ1) is 33.9. The number of aliphatic hydroxyl groups excluding tert-OH is 1. The van der Waals surface area contributed by atoms with Crippen molar-refractivity contribution in [3.8, 4) is 5.75 Å². The highest BCUT2D eigenvalue weighted by Gasteiger charge is 2.32. The van der Waals surface area contributed by atoms with Gasteiger partial charge in [-0.1, -0.05) is 39.8 Å². The summed E-state index contributed by atoms with van der Waals surface area (Å²) in [6.45, 7) is 12.5. The highest BCUT2D eigenvalue weighted by atomic mass is 16.5. The summed E-state index contributed by atoms with van der Waals surface area (Å²) < 4.78 is 10.8. The van der Waals surface area contributed by atoms with Crippen LogP contribution in [-0.4, -0.2) is 56.4 Å². The number of aliphatic hydroxyl groups is 1. The van der Waals surface area contributed by atoms with Crippen LogP contribution in [0.4, 0.5) is 0 Å². The van der Waals surface area contributed by atoms with Crippen molar-refractivity contribution < 1.29 is 24.2 Å². The van der Waals surface area contributed by atoms with Gasteiger partial charge in [-0.05, 0) is 80.9 Å². The van der Waals surface area contributed by atoms with E-state index in [-0.39, 0.29) is 30.7 Å². The number of carbonyl (C=O) groups is 2. The molecule has 0 aliphatic heterocycles. The molecule has 0 aliphatic rings. The number of hydrogen-bond donors (Lipinski definition) is 4. The standard InChI is InChI=1S/C30H53N3O5/c1-19(2)23(15-21-11-12-27(38-8)22(14-21)10-9-13-37-7)16-25(31)26(34)17-24(20(3)4)28(35)33-18-30(5,6)29(32)36/h11-12,14,19-20,23-26,34H,9-10,13,15-18,31H2,1-8H3,(H2,32,36)(H,33,35)/t23-,24+,25-,26-/m0/s1.